The fraction of sp³-hybridized carbons (Fsp3) is 0.625. The third-order valence-electron chi connectivity index (χ3n) is 4.50. The monoisotopic (exact) mass is 260 g/mol. The van der Waals surface area contributed by atoms with Crippen molar-refractivity contribution in [2.75, 3.05) is 26.7 Å². The molecule has 2 heterocycles. The van der Waals surface area contributed by atoms with Gasteiger partial charge in [-0.2, -0.15) is 0 Å². The second kappa shape index (κ2) is 5.14. The van der Waals surface area contributed by atoms with Gasteiger partial charge < -0.3 is 15.0 Å². The van der Waals surface area contributed by atoms with Gasteiger partial charge >= 0.3 is 0 Å². The lowest BCUT2D eigenvalue weighted by Crippen LogP contribution is -2.44. The zero-order valence-electron chi connectivity index (χ0n) is 12.0. The molecule has 0 aromatic heterocycles. The summed E-state index contributed by atoms with van der Waals surface area (Å²) in [6, 6.07) is 6.51. The number of hydrogen-bond acceptors (Lipinski definition) is 3. The van der Waals surface area contributed by atoms with E-state index in [4.69, 9.17) is 4.74 Å². The molecule has 2 aliphatic heterocycles. The quantitative estimate of drug-likeness (QED) is 0.882. The highest BCUT2D eigenvalue weighted by Gasteiger charge is 2.31. The molecule has 0 aliphatic carbocycles. The third-order valence-corrected chi connectivity index (χ3v) is 4.50. The van der Waals surface area contributed by atoms with Crippen LogP contribution in [0.1, 0.15) is 30.9 Å². The molecule has 1 aromatic rings. The highest BCUT2D eigenvalue weighted by Crippen LogP contribution is 2.32. The van der Waals surface area contributed by atoms with Crippen molar-refractivity contribution in [3.05, 3.63) is 29.3 Å². The van der Waals surface area contributed by atoms with Gasteiger partial charge in [0.2, 0.25) is 0 Å². The van der Waals surface area contributed by atoms with E-state index in [0.717, 1.165) is 51.2 Å². The van der Waals surface area contributed by atoms with Gasteiger partial charge in [-0.25, -0.2) is 0 Å². The molecule has 1 fully saturated rings. The van der Waals surface area contributed by atoms with Crippen LogP contribution in [0.25, 0.3) is 0 Å². The number of rotatable bonds is 2. The van der Waals surface area contributed by atoms with Gasteiger partial charge in [0.15, 0.2) is 0 Å². The van der Waals surface area contributed by atoms with Crippen molar-refractivity contribution in [1.29, 1.82) is 0 Å². The maximum Gasteiger partial charge on any atom is 0.124 e. The van der Waals surface area contributed by atoms with Crippen molar-refractivity contribution in [1.82, 2.24) is 10.2 Å². The van der Waals surface area contributed by atoms with Gasteiger partial charge in [0.1, 0.15) is 11.4 Å². The van der Waals surface area contributed by atoms with Crippen LogP contribution in [0.2, 0.25) is 0 Å². The van der Waals surface area contributed by atoms with Gasteiger partial charge in [-0.15, -0.1) is 0 Å². The minimum atomic E-state index is -0.000912. The van der Waals surface area contributed by atoms with Crippen molar-refractivity contribution in [3.63, 3.8) is 0 Å². The molecule has 0 unspecified atom stereocenters. The number of benzene rings is 1. The normalized spacial score (nSPS) is 22.8. The molecule has 0 amide bonds. The summed E-state index contributed by atoms with van der Waals surface area (Å²) < 4.78 is 6.42. The Morgan fingerprint density at radius 1 is 1.26 bits per heavy atom. The van der Waals surface area contributed by atoms with E-state index in [-0.39, 0.29) is 5.60 Å². The lowest BCUT2D eigenvalue weighted by Gasteiger charge is -2.39. The van der Waals surface area contributed by atoms with Crippen molar-refractivity contribution in [2.24, 2.45) is 0 Å². The molecule has 1 saturated heterocycles. The topological polar surface area (TPSA) is 24.5 Å². The Hall–Kier alpha value is -1.06. The Labute approximate surface area is 115 Å². The van der Waals surface area contributed by atoms with Gasteiger partial charge in [-0.05, 0) is 51.4 Å². The van der Waals surface area contributed by atoms with E-state index in [2.05, 4.69) is 42.4 Å². The number of nitrogens with one attached hydrogen (secondary N) is 1. The van der Waals surface area contributed by atoms with E-state index in [0.29, 0.717) is 0 Å². The van der Waals surface area contributed by atoms with Crippen LogP contribution in [0.5, 0.6) is 5.75 Å². The van der Waals surface area contributed by atoms with E-state index in [1.807, 2.05) is 0 Å². The Balaban J connectivity index is 1.79. The average molecular weight is 260 g/mol. The predicted octanol–water partition coefficient (Wildman–Crippen LogP) is 2.20. The maximum absolute atomic E-state index is 6.42. The Morgan fingerprint density at radius 2 is 2.05 bits per heavy atom. The van der Waals surface area contributed by atoms with Crippen LogP contribution in [-0.4, -0.2) is 37.2 Å². The fourth-order valence-corrected chi connectivity index (χ4v) is 3.04. The highest BCUT2D eigenvalue weighted by molar-refractivity contribution is 5.42. The van der Waals surface area contributed by atoms with Crippen LogP contribution in [0.3, 0.4) is 0 Å². The number of hydrogen-bond donors (Lipinski definition) is 1. The first kappa shape index (κ1) is 12.9. The lowest BCUT2D eigenvalue weighted by atomic mass is 9.93. The summed E-state index contributed by atoms with van der Waals surface area (Å²) in [5, 5.41) is 3.45. The molecule has 3 heteroatoms. The fourth-order valence-electron chi connectivity index (χ4n) is 3.04. The molecule has 1 N–H and O–H groups in total. The molecule has 1 aromatic carbocycles. The van der Waals surface area contributed by atoms with Crippen LogP contribution >= 0.6 is 0 Å². The summed E-state index contributed by atoms with van der Waals surface area (Å²) in [5.74, 6) is 1.09. The van der Waals surface area contributed by atoms with Gasteiger partial charge in [0.05, 0.1) is 0 Å². The molecule has 104 valence electrons. The first-order valence-corrected chi connectivity index (χ1v) is 7.35. The predicted molar refractivity (Wildman–Crippen MR) is 77.6 cm³/mol. The van der Waals surface area contributed by atoms with Crippen molar-refractivity contribution < 1.29 is 4.74 Å². The summed E-state index contributed by atoms with van der Waals surface area (Å²) in [7, 11) is 2.19. The summed E-state index contributed by atoms with van der Waals surface area (Å²) >= 11 is 0. The molecule has 2 aliphatic rings. The summed E-state index contributed by atoms with van der Waals surface area (Å²) in [6.45, 7) is 6.54. The first-order chi connectivity index (χ1) is 9.16. The molecule has 3 rings (SSSR count). The zero-order chi connectivity index (χ0) is 13.3. The van der Waals surface area contributed by atoms with Crippen LogP contribution < -0.4 is 10.1 Å². The Morgan fingerprint density at radius 3 is 2.84 bits per heavy atom. The number of fused-ring (bicyclic) bond motifs is 1. The van der Waals surface area contributed by atoms with Crippen molar-refractivity contribution in [2.45, 2.75) is 38.3 Å². The molecule has 0 radical (unpaired) electrons. The van der Waals surface area contributed by atoms with E-state index in [9.17, 15) is 0 Å². The number of likely N-dealkylation sites (tertiary alicyclic amines) is 1. The second-order valence-electron chi connectivity index (χ2n) is 6.18. The van der Waals surface area contributed by atoms with Gasteiger partial charge in [-0.1, -0.05) is 12.1 Å². The molecular formula is C16H24N2O. The minimum Gasteiger partial charge on any atom is -0.487 e. The van der Waals surface area contributed by atoms with Gasteiger partial charge in [-0.3, -0.25) is 0 Å². The van der Waals surface area contributed by atoms with E-state index in [1.54, 1.807) is 0 Å². The average Bonchev–Trinajstić information content (AvgIpc) is 2.43. The Bertz CT molecular complexity index is 450. The van der Waals surface area contributed by atoms with E-state index >= 15 is 0 Å². The number of nitrogens with zero attached hydrogens (tertiary/aromatic N) is 1. The summed E-state index contributed by atoms with van der Waals surface area (Å²) in [5.41, 5.74) is 2.82. The standard InChI is InChI=1S/C16H24N2O/c1-16(7-10-18(2)11-8-16)19-15-5-3-4-13-6-9-17-12-14(13)15/h3-5,17H,6-12H2,1-2H3. The Kier molecular flexibility index (Phi) is 3.50. The largest absolute Gasteiger partial charge is 0.487 e. The molecule has 0 spiro atoms. The number of piperidine rings is 1. The molecule has 0 saturated carbocycles. The van der Waals surface area contributed by atoms with Gasteiger partial charge in [0, 0.05) is 25.2 Å². The third kappa shape index (κ3) is 2.77. The zero-order valence-corrected chi connectivity index (χ0v) is 12.0. The van der Waals surface area contributed by atoms with E-state index < -0.39 is 0 Å². The molecule has 0 bridgehead atoms. The lowest BCUT2D eigenvalue weighted by molar-refractivity contribution is 0.0231. The summed E-state index contributed by atoms with van der Waals surface area (Å²) in [6.07, 6.45) is 3.34. The molecular weight excluding hydrogens is 236 g/mol. The van der Waals surface area contributed by atoms with Crippen LogP contribution in [0.15, 0.2) is 18.2 Å². The van der Waals surface area contributed by atoms with Crippen molar-refractivity contribution in [3.8, 4) is 5.75 Å². The number of ether oxygens (including phenoxy) is 1. The first-order valence-electron chi connectivity index (χ1n) is 7.35. The SMILES string of the molecule is CN1CCC(C)(Oc2cccc3c2CNCC3)CC1. The van der Waals surface area contributed by atoms with Crippen LogP contribution in [0.4, 0.5) is 0 Å². The summed E-state index contributed by atoms with van der Waals surface area (Å²) in [4.78, 5) is 2.38. The minimum absolute atomic E-state index is 0.000912. The smallest absolute Gasteiger partial charge is 0.124 e. The molecule has 3 nitrogen and oxygen atoms in total. The second-order valence-corrected chi connectivity index (χ2v) is 6.18. The highest BCUT2D eigenvalue weighted by atomic mass is 16.5. The molecule has 0 atom stereocenters. The van der Waals surface area contributed by atoms with Crippen LogP contribution in [-0.2, 0) is 13.0 Å². The van der Waals surface area contributed by atoms with E-state index in [1.165, 1.54) is 11.1 Å². The van der Waals surface area contributed by atoms with Crippen molar-refractivity contribution >= 4 is 0 Å². The maximum atomic E-state index is 6.42. The van der Waals surface area contributed by atoms with Gasteiger partial charge in [0.25, 0.3) is 0 Å². The molecule has 19 heavy (non-hydrogen) atoms. The van der Waals surface area contributed by atoms with Crippen LogP contribution in [0, 0.1) is 0 Å².